The normalized spacial score (nSPS) is 26.3. The highest BCUT2D eigenvalue weighted by molar-refractivity contribution is 5.79. The summed E-state index contributed by atoms with van der Waals surface area (Å²) in [6.07, 6.45) is 4.65. The van der Waals surface area contributed by atoms with Crippen LogP contribution in [0.15, 0.2) is 54.9 Å². The van der Waals surface area contributed by atoms with Gasteiger partial charge in [0.05, 0.1) is 18.1 Å². The maximum Gasteiger partial charge on any atom is 0.227 e. The third-order valence-corrected chi connectivity index (χ3v) is 6.63. The van der Waals surface area contributed by atoms with E-state index in [0.29, 0.717) is 6.42 Å². The number of carbonyl (C=O) groups is 1. The molecule has 1 aromatic heterocycles. The Labute approximate surface area is 171 Å². The Morgan fingerprint density at radius 2 is 1.86 bits per heavy atom. The van der Waals surface area contributed by atoms with E-state index in [9.17, 15) is 9.90 Å². The third-order valence-electron chi connectivity index (χ3n) is 6.63. The molecule has 5 rings (SSSR count). The summed E-state index contributed by atoms with van der Waals surface area (Å²) < 4.78 is 0. The number of aromatic nitrogens is 1. The highest BCUT2D eigenvalue weighted by Gasteiger charge is 2.56. The van der Waals surface area contributed by atoms with Gasteiger partial charge in [0.25, 0.3) is 0 Å². The Hall–Kier alpha value is -2.28. The smallest absolute Gasteiger partial charge is 0.227 e. The molecule has 3 aliphatic rings. The van der Waals surface area contributed by atoms with Crippen LogP contribution in [0.3, 0.4) is 0 Å². The summed E-state index contributed by atoms with van der Waals surface area (Å²) in [6, 6.07) is 14.3. The number of aliphatic hydroxyl groups excluding tert-OH is 1. The van der Waals surface area contributed by atoms with Crippen LogP contribution in [0.25, 0.3) is 0 Å². The summed E-state index contributed by atoms with van der Waals surface area (Å²) in [5.74, 6) is 0.197. The molecule has 29 heavy (non-hydrogen) atoms. The number of hydrogen-bond acceptors (Lipinski definition) is 5. The maximum absolute atomic E-state index is 13.1. The molecule has 2 atom stereocenters. The number of β-amino-alcohol motifs (C(OH)–C–C–N with tert-alkyl or cyclic N) is 1. The zero-order valence-corrected chi connectivity index (χ0v) is 16.7. The van der Waals surface area contributed by atoms with Crippen LogP contribution in [0.5, 0.6) is 0 Å². The van der Waals surface area contributed by atoms with Gasteiger partial charge in [0.1, 0.15) is 0 Å². The topological polar surface area (TPSA) is 59.9 Å². The second kappa shape index (κ2) is 7.52. The quantitative estimate of drug-likeness (QED) is 0.846. The lowest BCUT2D eigenvalue weighted by molar-refractivity contribution is -0.150. The predicted molar refractivity (Wildman–Crippen MR) is 110 cm³/mol. The van der Waals surface area contributed by atoms with Crippen LogP contribution in [0.1, 0.15) is 17.5 Å². The minimum absolute atomic E-state index is 0.0328. The molecule has 0 aliphatic carbocycles. The molecule has 3 aliphatic heterocycles. The largest absolute Gasteiger partial charge is 0.392 e. The average Bonchev–Trinajstić information content (AvgIpc) is 3.09. The van der Waals surface area contributed by atoms with Gasteiger partial charge in [-0.2, -0.15) is 0 Å². The summed E-state index contributed by atoms with van der Waals surface area (Å²) in [6.45, 7) is 4.96. The molecule has 2 unspecified atom stereocenters. The van der Waals surface area contributed by atoms with Crippen molar-refractivity contribution in [2.45, 2.75) is 37.1 Å². The molecule has 1 aromatic carbocycles. The van der Waals surface area contributed by atoms with Crippen molar-refractivity contribution in [3.05, 3.63) is 66.0 Å². The molecule has 0 saturated carbocycles. The molecule has 3 fully saturated rings. The zero-order valence-electron chi connectivity index (χ0n) is 16.7. The molecule has 4 heterocycles. The van der Waals surface area contributed by atoms with Crippen LogP contribution < -0.4 is 0 Å². The number of benzene rings is 1. The van der Waals surface area contributed by atoms with E-state index in [1.165, 1.54) is 5.56 Å². The van der Waals surface area contributed by atoms with E-state index in [-0.39, 0.29) is 23.6 Å². The molecule has 6 nitrogen and oxygen atoms in total. The highest BCUT2D eigenvalue weighted by Crippen LogP contribution is 2.39. The minimum Gasteiger partial charge on any atom is -0.392 e. The molecular weight excluding hydrogens is 364 g/mol. The summed E-state index contributed by atoms with van der Waals surface area (Å²) in [5.41, 5.74) is 2.25. The van der Waals surface area contributed by atoms with Crippen molar-refractivity contribution in [3.63, 3.8) is 0 Å². The van der Waals surface area contributed by atoms with Gasteiger partial charge in [0.15, 0.2) is 0 Å². The van der Waals surface area contributed by atoms with Gasteiger partial charge in [-0.05, 0) is 23.6 Å². The van der Waals surface area contributed by atoms with Crippen molar-refractivity contribution in [2.75, 3.05) is 32.7 Å². The molecular formula is C23H28N4O2. The summed E-state index contributed by atoms with van der Waals surface area (Å²) in [7, 11) is 0. The van der Waals surface area contributed by atoms with Crippen LogP contribution in [0.4, 0.5) is 0 Å². The van der Waals surface area contributed by atoms with Gasteiger partial charge in [0.2, 0.25) is 5.91 Å². The molecule has 0 bridgehead atoms. The van der Waals surface area contributed by atoms with Crippen molar-refractivity contribution in [3.8, 4) is 0 Å². The number of fused-ring (bicyclic) bond motifs is 2. The van der Waals surface area contributed by atoms with E-state index >= 15 is 0 Å². The van der Waals surface area contributed by atoms with Crippen molar-refractivity contribution in [1.82, 2.24) is 19.7 Å². The van der Waals surface area contributed by atoms with E-state index in [2.05, 4.69) is 20.9 Å². The van der Waals surface area contributed by atoms with E-state index in [1.807, 2.05) is 47.5 Å². The van der Waals surface area contributed by atoms with Crippen molar-refractivity contribution < 1.29 is 9.90 Å². The number of aliphatic hydroxyl groups is 1. The molecule has 152 valence electrons. The Morgan fingerprint density at radius 3 is 2.62 bits per heavy atom. The van der Waals surface area contributed by atoms with Gasteiger partial charge < -0.3 is 10.0 Å². The fourth-order valence-electron chi connectivity index (χ4n) is 5.41. The van der Waals surface area contributed by atoms with Crippen LogP contribution in [0, 0.1) is 0 Å². The first-order valence-corrected chi connectivity index (χ1v) is 10.5. The lowest BCUT2D eigenvalue weighted by Crippen LogP contribution is -2.78. The Morgan fingerprint density at radius 1 is 1.07 bits per heavy atom. The zero-order chi connectivity index (χ0) is 19.8. The SMILES string of the molecule is O=C(Cc1ccccc1)N1CC2CC(O)CN2C2(CN(Cc3cccnc3)C2)C1. The molecule has 2 aromatic rings. The van der Waals surface area contributed by atoms with Crippen molar-refractivity contribution >= 4 is 5.91 Å². The van der Waals surface area contributed by atoms with Crippen LogP contribution in [-0.2, 0) is 17.8 Å². The molecule has 1 spiro atoms. The molecule has 3 saturated heterocycles. The van der Waals surface area contributed by atoms with E-state index in [0.717, 1.165) is 51.3 Å². The van der Waals surface area contributed by atoms with Crippen molar-refractivity contribution in [1.29, 1.82) is 0 Å². The second-order valence-electron chi connectivity index (χ2n) is 8.86. The lowest BCUT2D eigenvalue weighted by atomic mass is 9.83. The van der Waals surface area contributed by atoms with Gasteiger partial charge in [-0.25, -0.2) is 0 Å². The van der Waals surface area contributed by atoms with E-state index < -0.39 is 0 Å². The number of amides is 1. The standard InChI is InChI=1S/C23H28N4O2/c28-21-10-20-13-26(22(29)9-18-5-2-1-3-6-18)17-23(27(20)14-21)15-25(16-23)12-19-7-4-8-24-11-19/h1-8,11,20-21,28H,9-10,12-17H2. The third kappa shape index (κ3) is 3.68. The average molecular weight is 393 g/mol. The van der Waals surface area contributed by atoms with Crippen LogP contribution in [0.2, 0.25) is 0 Å². The molecule has 1 N–H and O–H groups in total. The first-order valence-electron chi connectivity index (χ1n) is 10.5. The Kier molecular flexibility index (Phi) is 4.86. The second-order valence-corrected chi connectivity index (χ2v) is 8.86. The van der Waals surface area contributed by atoms with Crippen LogP contribution >= 0.6 is 0 Å². The van der Waals surface area contributed by atoms with E-state index in [4.69, 9.17) is 0 Å². The number of piperazine rings is 1. The van der Waals surface area contributed by atoms with Gasteiger partial charge in [0, 0.05) is 57.7 Å². The lowest BCUT2D eigenvalue weighted by Gasteiger charge is -2.61. The fourth-order valence-corrected chi connectivity index (χ4v) is 5.41. The number of nitrogens with zero attached hydrogens (tertiary/aromatic N) is 4. The monoisotopic (exact) mass is 392 g/mol. The number of likely N-dealkylation sites (tertiary alicyclic amines) is 1. The number of carbonyl (C=O) groups excluding carboxylic acids is 1. The van der Waals surface area contributed by atoms with Crippen molar-refractivity contribution in [2.24, 2.45) is 0 Å². The maximum atomic E-state index is 13.1. The molecule has 0 radical (unpaired) electrons. The van der Waals surface area contributed by atoms with Gasteiger partial charge >= 0.3 is 0 Å². The summed E-state index contributed by atoms with van der Waals surface area (Å²) >= 11 is 0. The highest BCUT2D eigenvalue weighted by atomic mass is 16.3. The van der Waals surface area contributed by atoms with E-state index in [1.54, 1.807) is 6.20 Å². The number of hydrogen-bond donors (Lipinski definition) is 1. The van der Waals surface area contributed by atoms with Gasteiger partial charge in [-0.15, -0.1) is 0 Å². The molecule has 1 amide bonds. The summed E-state index contributed by atoms with van der Waals surface area (Å²) in [5, 5.41) is 10.3. The predicted octanol–water partition coefficient (Wildman–Crippen LogP) is 1.16. The first kappa shape index (κ1) is 18.7. The summed E-state index contributed by atoms with van der Waals surface area (Å²) in [4.78, 5) is 24.2. The molecule has 6 heteroatoms. The first-order chi connectivity index (χ1) is 14.1. The fraction of sp³-hybridized carbons (Fsp3) is 0.478. The Balaban J connectivity index is 1.29. The van der Waals surface area contributed by atoms with Gasteiger partial charge in [-0.1, -0.05) is 36.4 Å². The number of pyridine rings is 1. The number of rotatable bonds is 4. The Bertz CT molecular complexity index is 854. The van der Waals surface area contributed by atoms with Gasteiger partial charge in [-0.3, -0.25) is 19.6 Å². The van der Waals surface area contributed by atoms with Crippen LogP contribution in [-0.4, -0.2) is 81.1 Å². The minimum atomic E-state index is -0.284.